The number of anilines is 1. The monoisotopic (exact) mass is 445 g/mol. The van der Waals surface area contributed by atoms with Crippen molar-refractivity contribution in [3.63, 3.8) is 0 Å². The van der Waals surface area contributed by atoms with Crippen LogP contribution in [0.5, 0.6) is 5.75 Å². The van der Waals surface area contributed by atoms with Crippen molar-refractivity contribution >= 4 is 34.2 Å². The zero-order valence-electron chi connectivity index (χ0n) is 17.9. The average Bonchev–Trinajstić information content (AvgIpc) is 3.37. The van der Waals surface area contributed by atoms with Gasteiger partial charge in [-0.1, -0.05) is 41.9 Å². The van der Waals surface area contributed by atoms with Crippen LogP contribution >= 0.6 is 11.6 Å². The molecule has 1 aromatic heterocycles. The van der Waals surface area contributed by atoms with Gasteiger partial charge >= 0.3 is 0 Å². The Morgan fingerprint density at radius 2 is 1.78 bits per heavy atom. The Balaban J connectivity index is 1.48. The molecule has 1 fully saturated rings. The normalized spacial score (nSPS) is 16.1. The SMILES string of the molecule is CCOc1ccc(N2CC(c3nc4ccccc4n3Cc3ccccc3Cl)CC2=O)cc1. The lowest BCUT2D eigenvalue weighted by Crippen LogP contribution is -2.24. The van der Waals surface area contributed by atoms with Crippen molar-refractivity contribution < 1.29 is 9.53 Å². The minimum atomic E-state index is 0.00366. The van der Waals surface area contributed by atoms with E-state index in [0.29, 0.717) is 26.1 Å². The molecule has 1 atom stereocenters. The minimum Gasteiger partial charge on any atom is -0.494 e. The standard InChI is InChI=1S/C26H24ClN3O2/c1-2-32-21-13-11-20(12-14-21)29-17-19(15-25(29)31)26-28-23-9-5-6-10-24(23)30(26)16-18-7-3-4-8-22(18)27/h3-14,19H,2,15-17H2,1H3. The molecule has 5 nitrogen and oxygen atoms in total. The summed E-state index contributed by atoms with van der Waals surface area (Å²) in [5.41, 5.74) is 3.90. The van der Waals surface area contributed by atoms with Crippen LogP contribution < -0.4 is 9.64 Å². The molecule has 4 aromatic rings. The molecule has 5 rings (SSSR count). The Labute approximate surface area is 192 Å². The first-order valence-corrected chi connectivity index (χ1v) is 11.2. The number of fused-ring (bicyclic) bond motifs is 1. The molecule has 32 heavy (non-hydrogen) atoms. The van der Waals surface area contributed by atoms with E-state index in [1.165, 1.54) is 0 Å². The molecule has 1 amide bonds. The first-order valence-electron chi connectivity index (χ1n) is 10.9. The van der Waals surface area contributed by atoms with Gasteiger partial charge in [-0.25, -0.2) is 4.98 Å². The van der Waals surface area contributed by atoms with E-state index in [-0.39, 0.29) is 11.8 Å². The Bertz CT molecular complexity index is 1270. The number of amides is 1. The van der Waals surface area contributed by atoms with E-state index in [2.05, 4.69) is 10.6 Å². The second-order valence-corrected chi connectivity index (χ2v) is 8.38. The molecular weight excluding hydrogens is 422 g/mol. The number of carbonyl (C=O) groups is 1. The molecule has 3 aromatic carbocycles. The fourth-order valence-electron chi connectivity index (χ4n) is 4.39. The van der Waals surface area contributed by atoms with Crippen LogP contribution in [-0.4, -0.2) is 28.6 Å². The Morgan fingerprint density at radius 3 is 2.56 bits per heavy atom. The van der Waals surface area contributed by atoms with Crippen LogP contribution in [0.1, 0.15) is 30.7 Å². The van der Waals surface area contributed by atoms with Gasteiger partial charge in [0.25, 0.3) is 0 Å². The van der Waals surface area contributed by atoms with Crippen molar-refractivity contribution in [2.75, 3.05) is 18.1 Å². The van der Waals surface area contributed by atoms with Crippen LogP contribution in [0.4, 0.5) is 5.69 Å². The second-order valence-electron chi connectivity index (χ2n) is 7.97. The van der Waals surface area contributed by atoms with Gasteiger partial charge in [0.15, 0.2) is 0 Å². The molecule has 1 aliphatic rings. The molecular formula is C26H24ClN3O2. The quantitative estimate of drug-likeness (QED) is 0.385. The third-order valence-electron chi connectivity index (χ3n) is 5.92. The first kappa shape index (κ1) is 20.6. The predicted octanol–water partition coefficient (Wildman–Crippen LogP) is 5.66. The van der Waals surface area contributed by atoms with Gasteiger partial charge in [-0.05, 0) is 55.0 Å². The van der Waals surface area contributed by atoms with Crippen molar-refractivity contribution in [3.8, 4) is 5.75 Å². The molecule has 0 N–H and O–H groups in total. The maximum absolute atomic E-state index is 12.9. The van der Waals surface area contributed by atoms with Crippen molar-refractivity contribution in [2.45, 2.75) is 25.8 Å². The van der Waals surface area contributed by atoms with Gasteiger partial charge in [0.05, 0.1) is 24.2 Å². The van der Waals surface area contributed by atoms with Crippen molar-refractivity contribution in [1.29, 1.82) is 0 Å². The van der Waals surface area contributed by atoms with E-state index in [9.17, 15) is 4.79 Å². The maximum Gasteiger partial charge on any atom is 0.227 e. The lowest BCUT2D eigenvalue weighted by Gasteiger charge is -2.18. The number of ether oxygens (including phenoxy) is 1. The third-order valence-corrected chi connectivity index (χ3v) is 6.29. The van der Waals surface area contributed by atoms with Crippen molar-refractivity contribution in [1.82, 2.24) is 9.55 Å². The molecule has 0 aliphatic carbocycles. The fraction of sp³-hybridized carbons (Fsp3) is 0.231. The Hall–Kier alpha value is -3.31. The number of benzene rings is 3. The summed E-state index contributed by atoms with van der Waals surface area (Å²) >= 11 is 6.46. The van der Waals surface area contributed by atoms with Crippen molar-refractivity contribution in [2.24, 2.45) is 0 Å². The van der Waals surface area contributed by atoms with E-state index < -0.39 is 0 Å². The molecule has 1 saturated heterocycles. The van der Waals surface area contributed by atoms with Crippen LogP contribution in [-0.2, 0) is 11.3 Å². The number of para-hydroxylation sites is 2. The second kappa shape index (κ2) is 8.67. The van der Waals surface area contributed by atoms with Crippen LogP contribution in [0.25, 0.3) is 11.0 Å². The number of aromatic nitrogens is 2. The summed E-state index contributed by atoms with van der Waals surface area (Å²) < 4.78 is 7.73. The van der Waals surface area contributed by atoms with Gasteiger partial charge in [-0.15, -0.1) is 0 Å². The predicted molar refractivity (Wildman–Crippen MR) is 128 cm³/mol. The third kappa shape index (κ3) is 3.84. The maximum atomic E-state index is 12.9. The van der Waals surface area contributed by atoms with E-state index in [1.54, 1.807) is 0 Å². The molecule has 1 aliphatic heterocycles. The summed E-state index contributed by atoms with van der Waals surface area (Å²) in [5, 5.41) is 0.731. The van der Waals surface area contributed by atoms with E-state index in [0.717, 1.165) is 38.9 Å². The molecule has 0 radical (unpaired) electrons. The molecule has 0 bridgehead atoms. The summed E-state index contributed by atoms with van der Waals surface area (Å²) in [4.78, 5) is 19.7. The van der Waals surface area contributed by atoms with Gasteiger partial charge in [0.2, 0.25) is 5.91 Å². The fourth-order valence-corrected chi connectivity index (χ4v) is 4.58. The molecule has 1 unspecified atom stereocenters. The van der Waals surface area contributed by atoms with Gasteiger partial charge in [-0.2, -0.15) is 0 Å². The number of imidazole rings is 1. The number of rotatable bonds is 6. The van der Waals surface area contributed by atoms with Crippen LogP contribution in [0.3, 0.4) is 0 Å². The van der Waals surface area contributed by atoms with Crippen LogP contribution in [0.15, 0.2) is 72.8 Å². The van der Waals surface area contributed by atoms with E-state index in [4.69, 9.17) is 21.3 Å². The highest BCUT2D eigenvalue weighted by Gasteiger charge is 2.35. The number of carbonyl (C=O) groups excluding carboxylic acids is 1. The summed E-state index contributed by atoms with van der Waals surface area (Å²) in [5.74, 6) is 1.84. The highest BCUT2D eigenvalue weighted by molar-refractivity contribution is 6.31. The zero-order valence-corrected chi connectivity index (χ0v) is 18.6. The van der Waals surface area contributed by atoms with Gasteiger partial charge < -0.3 is 14.2 Å². The molecule has 2 heterocycles. The average molecular weight is 446 g/mol. The zero-order chi connectivity index (χ0) is 22.1. The number of hydrogen-bond acceptors (Lipinski definition) is 3. The number of halogens is 1. The molecule has 6 heteroatoms. The van der Waals surface area contributed by atoms with E-state index >= 15 is 0 Å². The molecule has 162 valence electrons. The molecule has 0 spiro atoms. The summed E-state index contributed by atoms with van der Waals surface area (Å²) in [6.45, 7) is 3.78. The van der Waals surface area contributed by atoms with Gasteiger partial charge in [-0.3, -0.25) is 4.79 Å². The highest BCUT2D eigenvalue weighted by Crippen LogP contribution is 2.34. The van der Waals surface area contributed by atoms with Crippen molar-refractivity contribution in [3.05, 3.63) is 89.2 Å². The number of nitrogens with zero attached hydrogens (tertiary/aromatic N) is 3. The molecule has 0 saturated carbocycles. The minimum absolute atomic E-state index is 0.00366. The highest BCUT2D eigenvalue weighted by atomic mass is 35.5. The first-order chi connectivity index (χ1) is 15.6. The smallest absolute Gasteiger partial charge is 0.227 e. The van der Waals surface area contributed by atoms with Crippen LogP contribution in [0.2, 0.25) is 5.02 Å². The van der Waals surface area contributed by atoms with Gasteiger partial charge in [0.1, 0.15) is 11.6 Å². The Kier molecular flexibility index (Phi) is 5.58. The largest absolute Gasteiger partial charge is 0.494 e. The number of hydrogen-bond donors (Lipinski definition) is 0. The Morgan fingerprint density at radius 1 is 1.03 bits per heavy atom. The summed E-state index contributed by atoms with van der Waals surface area (Å²) in [7, 11) is 0. The lowest BCUT2D eigenvalue weighted by molar-refractivity contribution is -0.117. The van der Waals surface area contributed by atoms with Crippen LogP contribution in [0, 0.1) is 0 Å². The topological polar surface area (TPSA) is 47.4 Å². The lowest BCUT2D eigenvalue weighted by atomic mass is 10.1. The summed E-state index contributed by atoms with van der Waals surface area (Å²) in [6.07, 6.45) is 0.430. The van der Waals surface area contributed by atoms with E-state index in [1.807, 2.05) is 78.6 Å². The van der Waals surface area contributed by atoms with Gasteiger partial charge in [0, 0.05) is 29.6 Å². The summed E-state index contributed by atoms with van der Waals surface area (Å²) in [6, 6.07) is 23.7.